The summed E-state index contributed by atoms with van der Waals surface area (Å²) in [7, 11) is -3.32. The van der Waals surface area contributed by atoms with Crippen LogP contribution in [0.4, 0.5) is 8.78 Å². The molecule has 1 rings (SSSR count). The molecule has 0 aliphatic rings. The van der Waals surface area contributed by atoms with E-state index in [1.54, 1.807) is 0 Å². The summed E-state index contributed by atoms with van der Waals surface area (Å²) in [5, 5.41) is 8.70. The summed E-state index contributed by atoms with van der Waals surface area (Å²) in [5.74, 6) is -4.00. The Balaban J connectivity index is 3.25. The predicted octanol–water partition coefficient (Wildman–Crippen LogP) is 0.686. The molecule has 1 aromatic rings. The number of hydrogen-bond donors (Lipinski definition) is 1. The molecule has 0 radical (unpaired) electrons. The second-order valence-electron chi connectivity index (χ2n) is 3.78. The van der Waals surface area contributed by atoms with E-state index in [0.717, 1.165) is 18.2 Å². The second kappa shape index (κ2) is 6.73. The molecule has 0 saturated heterocycles. The van der Waals surface area contributed by atoms with Gasteiger partial charge < -0.3 is 9.84 Å². The zero-order valence-electron chi connectivity index (χ0n) is 10.5. The van der Waals surface area contributed by atoms with Crippen molar-refractivity contribution in [2.24, 2.45) is 0 Å². The summed E-state index contributed by atoms with van der Waals surface area (Å²) >= 11 is 0. The summed E-state index contributed by atoms with van der Waals surface area (Å²) < 4.78 is 56.5. The topological polar surface area (TPSA) is 83.9 Å². The molecule has 0 fully saturated rings. The first-order valence-corrected chi connectivity index (χ1v) is 6.89. The zero-order valence-corrected chi connectivity index (χ0v) is 11.4. The lowest BCUT2D eigenvalue weighted by Crippen LogP contribution is -2.38. The molecule has 0 unspecified atom stereocenters. The number of nitrogens with zero attached hydrogens (tertiary/aromatic N) is 1. The minimum Gasteiger partial charge on any atom is -0.480 e. The van der Waals surface area contributed by atoms with Gasteiger partial charge in [0.05, 0.1) is 6.61 Å². The predicted molar refractivity (Wildman–Crippen MR) is 64.6 cm³/mol. The molecule has 0 spiro atoms. The number of aliphatic carboxylic acids is 1. The van der Waals surface area contributed by atoms with E-state index in [1.807, 2.05) is 0 Å². The second-order valence-corrected chi connectivity index (χ2v) is 5.65. The van der Waals surface area contributed by atoms with Crippen LogP contribution in [0.1, 0.15) is 0 Å². The fraction of sp³-hybridized carbons (Fsp3) is 0.364. The Morgan fingerprint density at radius 3 is 2.35 bits per heavy atom. The van der Waals surface area contributed by atoms with E-state index in [9.17, 15) is 22.0 Å². The van der Waals surface area contributed by atoms with Gasteiger partial charge in [-0.15, -0.1) is 0 Å². The Morgan fingerprint density at radius 2 is 1.90 bits per heavy atom. The van der Waals surface area contributed by atoms with Crippen molar-refractivity contribution in [3.05, 3.63) is 29.8 Å². The summed E-state index contributed by atoms with van der Waals surface area (Å²) in [4.78, 5) is 9.52. The van der Waals surface area contributed by atoms with Crippen LogP contribution in [-0.4, -0.2) is 50.6 Å². The number of hydrogen-bond acceptors (Lipinski definition) is 4. The average Bonchev–Trinajstić information content (AvgIpc) is 2.33. The third kappa shape index (κ3) is 3.71. The van der Waals surface area contributed by atoms with E-state index in [0.29, 0.717) is 4.31 Å². The first-order valence-electron chi connectivity index (χ1n) is 5.45. The van der Waals surface area contributed by atoms with Gasteiger partial charge in [-0.2, -0.15) is 4.31 Å². The lowest BCUT2D eigenvalue weighted by atomic mass is 10.3. The quantitative estimate of drug-likeness (QED) is 0.801. The van der Waals surface area contributed by atoms with Crippen LogP contribution in [0.5, 0.6) is 0 Å². The molecule has 0 aromatic heterocycles. The average molecular weight is 309 g/mol. The lowest BCUT2D eigenvalue weighted by Gasteiger charge is -2.20. The van der Waals surface area contributed by atoms with Crippen LogP contribution in [0, 0.1) is 11.6 Å². The molecule has 0 amide bonds. The molecule has 0 bridgehead atoms. The fourth-order valence-electron chi connectivity index (χ4n) is 1.49. The third-order valence-electron chi connectivity index (χ3n) is 2.37. The Morgan fingerprint density at radius 1 is 1.35 bits per heavy atom. The van der Waals surface area contributed by atoms with Crippen molar-refractivity contribution in [3.8, 4) is 0 Å². The van der Waals surface area contributed by atoms with Crippen LogP contribution in [0.2, 0.25) is 0 Å². The molecule has 1 aromatic carbocycles. The van der Waals surface area contributed by atoms with Crippen LogP contribution >= 0.6 is 0 Å². The number of ether oxygens (including phenoxy) is 1. The molecule has 6 nitrogen and oxygen atoms in total. The van der Waals surface area contributed by atoms with Crippen LogP contribution in [0.3, 0.4) is 0 Å². The van der Waals surface area contributed by atoms with Crippen molar-refractivity contribution in [2.45, 2.75) is 4.90 Å². The van der Waals surface area contributed by atoms with Crippen LogP contribution in [-0.2, 0) is 19.6 Å². The minimum atomic E-state index is -4.61. The first kappa shape index (κ1) is 16.5. The van der Waals surface area contributed by atoms with Crippen molar-refractivity contribution in [2.75, 3.05) is 26.8 Å². The van der Waals surface area contributed by atoms with E-state index in [2.05, 4.69) is 4.74 Å². The number of carboxylic acid groups (broad SMARTS) is 1. The number of halogens is 2. The molecule has 20 heavy (non-hydrogen) atoms. The Bertz CT molecular complexity index is 570. The Hall–Kier alpha value is -1.58. The molecule has 0 heterocycles. The van der Waals surface area contributed by atoms with Crippen molar-refractivity contribution in [1.29, 1.82) is 0 Å². The maximum absolute atomic E-state index is 13.5. The van der Waals surface area contributed by atoms with Gasteiger partial charge in [-0.3, -0.25) is 4.79 Å². The molecule has 112 valence electrons. The largest absolute Gasteiger partial charge is 0.480 e. The van der Waals surface area contributed by atoms with Gasteiger partial charge in [-0.05, 0) is 12.1 Å². The van der Waals surface area contributed by atoms with E-state index in [-0.39, 0.29) is 13.2 Å². The highest BCUT2D eigenvalue weighted by atomic mass is 32.2. The standard InChI is InChI=1S/C11H13F2NO5S/c1-19-6-5-14(7-10(15)16)20(17,18)11-8(12)3-2-4-9(11)13/h2-4H,5-7H2,1H3,(H,15,16). The van der Waals surface area contributed by atoms with Gasteiger partial charge in [0.25, 0.3) is 0 Å². The third-order valence-corrected chi connectivity index (χ3v) is 4.27. The van der Waals surface area contributed by atoms with Crippen LogP contribution < -0.4 is 0 Å². The number of methoxy groups -OCH3 is 1. The maximum Gasteiger partial charge on any atom is 0.318 e. The highest BCUT2D eigenvalue weighted by Gasteiger charge is 2.31. The number of carbonyl (C=O) groups is 1. The normalized spacial score (nSPS) is 11.8. The van der Waals surface area contributed by atoms with Gasteiger partial charge in [0.15, 0.2) is 4.90 Å². The summed E-state index contributed by atoms with van der Waals surface area (Å²) in [6.45, 7) is -1.36. The Kier molecular flexibility index (Phi) is 5.54. The molecule has 0 aliphatic carbocycles. The number of benzene rings is 1. The van der Waals surface area contributed by atoms with Gasteiger partial charge in [-0.1, -0.05) is 6.07 Å². The van der Waals surface area contributed by atoms with Gasteiger partial charge in [0.2, 0.25) is 10.0 Å². The molecule has 1 N–H and O–H groups in total. The maximum atomic E-state index is 13.5. The van der Waals surface area contributed by atoms with E-state index in [1.165, 1.54) is 7.11 Å². The number of carboxylic acids is 1. The van der Waals surface area contributed by atoms with E-state index in [4.69, 9.17) is 5.11 Å². The highest BCUT2D eigenvalue weighted by Crippen LogP contribution is 2.22. The lowest BCUT2D eigenvalue weighted by molar-refractivity contribution is -0.137. The smallest absolute Gasteiger partial charge is 0.318 e. The van der Waals surface area contributed by atoms with Crippen LogP contribution in [0.15, 0.2) is 23.1 Å². The first-order chi connectivity index (χ1) is 9.30. The van der Waals surface area contributed by atoms with Crippen LogP contribution in [0.25, 0.3) is 0 Å². The fourth-order valence-corrected chi connectivity index (χ4v) is 2.97. The van der Waals surface area contributed by atoms with Gasteiger partial charge in [-0.25, -0.2) is 17.2 Å². The van der Waals surface area contributed by atoms with E-state index >= 15 is 0 Å². The molecular weight excluding hydrogens is 296 g/mol. The summed E-state index contributed by atoms with van der Waals surface area (Å²) in [6.07, 6.45) is 0. The zero-order chi connectivity index (χ0) is 15.3. The van der Waals surface area contributed by atoms with Crippen molar-refractivity contribution in [1.82, 2.24) is 4.31 Å². The van der Waals surface area contributed by atoms with Gasteiger partial charge in [0.1, 0.15) is 18.2 Å². The number of sulfonamides is 1. The molecule has 0 atom stereocenters. The van der Waals surface area contributed by atoms with Crippen molar-refractivity contribution in [3.63, 3.8) is 0 Å². The SMILES string of the molecule is COCCN(CC(=O)O)S(=O)(=O)c1c(F)cccc1F. The van der Waals surface area contributed by atoms with Crippen molar-refractivity contribution < 1.29 is 31.8 Å². The van der Waals surface area contributed by atoms with Gasteiger partial charge >= 0.3 is 5.97 Å². The molecule has 0 saturated carbocycles. The van der Waals surface area contributed by atoms with Gasteiger partial charge in [0, 0.05) is 13.7 Å². The molecular formula is C11H13F2NO5S. The Labute approximate surface area is 114 Å². The molecule has 0 aliphatic heterocycles. The monoisotopic (exact) mass is 309 g/mol. The van der Waals surface area contributed by atoms with Crippen molar-refractivity contribution >= 4 is 16.0 Å². The highest BCUT2D eigenvalue weighted by molar-refractivity contribution is 7.89. The van der Waals surface area contributed by atoms with E-state index < -0.39 is 39.1 Å². The summed E-state index contributed by atoms with van der Waals surface area (Å²) in [5.41, 5.74) is 0. The summed E-state index contributed by atoms with van der Waals surface area (Å²) in [6, 6.07) is 2.58. The minimum absolute atomic E-state index is 0.109. The molecule has 9 heteroatoms. The number of rotatable bonds is 7.